The number of likely N-dealkylation sites (tertiary alicyclic amines) is 1. The molecule has 0 radical (unpaired) electrons. The minimum Gasteiger partial charge on any atom is -0.396 e. The van der Waals surface area contributed by atoms with Gasteiger partial charge in [0.15, 0.2) is 5.82 Å². The van der Waals surface area contributed by atoms with Crippen LogP contribution in [0.3, 0.4) is 0 Å². The lowest BCUT2D eigenvalue weighted by molar-refractivity contribution is 0.113. The maximum Gasteiger partial charge on any atom is 0.213 e. The van der Waals surface area contributed by atoms with Crippen molar-refractivity contribution in [3.8, 4) is 0 Å². The van der Waals surface area contributed by atoms with Gasteiger partial charge in [-0.15, -0.1) is 0 Å². The molecule has 0 spiro atoms. The number of nitrogens with zero attached hydrogens (tertiary/aromatic N) is 3. The fraction of sp³-hybridized carbons (Fsp3) is 0.778. The Morgan fingerprint density at radius 1 is 1.64 bits per heavy atom. The van der Waals surface area contributed by atoms with E-state index in [1.807, 2.05) is 0 Å². The van der Waals surface area contributed by atoms with Crippen molar-refractivity contribution in [3.05, 3.63) is 12.2 Å². The summed E-state index contributed by atoms with van der Waals surface area (Å²) in [6, 6.07) is 0. The molecular weight excluding hydrogens is 182 g/mol. The van der Waals surface area contributed by atoms with Crippen LogP contribution in [0.25, 0.3) is 0 Å². The Balaban J connectivity index is 1.86. The van der Waals surface area contributed by atoms with E-state index in [2.05, 4.69) is 19.6 Å². The summed E-state index contributed by atoms with van der Waals surface area (Å²) in [5.41, 5.74) is 0. The fourth-order valence-electron chi connectivity index (χ4n) is 1.91. The van der Waals surface area contributed by atoms with Gasteiger partial charge in [0.05, 0.1) is 6.54 Å². The predicted octanol–water partition coefficient (Wildman–Crippen LogP) is 0.274. The lowest BCUT2D eigenvalue weighted by Crippen LogP contribution is -2.36. The number of rotatable bonds is 3. The second kappa shape index (κ2) is 4.52. The largest absolute Gasteiger partial charge is 0.396 e. The standard InChI is InChI=1S/C9H15N3O2/c13-6-8-2-1-3-12(4-8)5-9-10-7-14-11-9/h7-8,13H,1-6H2. The fourth-order valence-corrected chi connectivity index (χ4v) is 1.91. The summed E-state index contributed by atoms with van der Waals surface area (Å²) in [6.45, 7) is 3.01. The van der Waals surface area contributed by atoms with Gasteiger partial charge in [0.1, 0.15) is 0 Å². The number of aromatic nitrogens is 2. The number of piperidine rings is 1. The quantitative estimate of drug-likeness (QED) is 0.753. The van der Waals surface area contributed by atoms with E-state index < -0.39 is 0 Å². The zero-order valence-electron chi connectivity index (χ0n) is 8.09. The lowest BCUT2D eigenvalue weighted by Gasteiger charge is -2.30. The molecule has 2 heterocycles. The third-order valence-corrected chi connectivity index (χ3v) is 2.63. The first kappa shape index (κ1) is 9.61. The molecule has 1 saturated heterocycles. The summed E-state index contributed by atoms with van der Waals surface area (Å²) in [4.78, 5) is 6.24. The molecule has 1 aliphatic rings. The van der Waals surface area contributed by atoms with E-state index in [-0.39, 0.29) is 6.61 Å². The van der Waals surface area contributed by atoms with Crippen LogP contribution >= 0.6 is 0 Å². The van der Waals surface area contributed by atoms with Gasteiger partial charge in [-0.05, 0) is 25.3 Å². The highest BCUT2D eigenvalue weighted by Gasteiger charge is 2.19. The molecule has 2 rings (SSSR count). The molecule has 78 valence electrons. The Bertz CT molecular complexity index is 263. The van der Waals surface area contributed by atoms with Crippen LogP contribution in [0.4, 0.5) is 0 Å². The molecule has 1 aliphatic heterocycles. The van der Waals surface area contributed by atoms with E-state index in [0.29, 0.717) is 5.92 Å². The summed E-state index contributed by atoms with van der Waals surface area (Å²) in [7, 11) is 0. The molecule has 0 saturated carbocycles. The molecule has 1 aromatic heterocycles. The van der Waals surface area contributed by atoms with Crippen LogP contribution in [0, 0.1) is 5.92 Å². The Morgan fingerprint density at radius 3 is 3.29 bits per heavy atom. The smallest absolute Gasteiger partial charge is 0.213 e. The molecule has 0 aliphatic carbocycles. The van der Waals surface area contributed by atoms with Crippen molar-refractivity contribution in [2.45, 2.75) is 19.4 Å². The minimum atomic E-state index is 0.281. The summed E-state index contributed by atoms with van der Waals surface area (Å²) in [6.07, 6.45) is 3.62. The van der Waals surface area contributed by atoms with Crippen LogP contribution in [0.1, 0.15) is 18.7 Å². The van der Waals surface area contributed by atoms with Crippen LogP contribution in [0.5, 0.6) is 0 Å². The summed E-state index contributed by atoms with van der Waals surface area (Å²) < 4.78 is 4.67. The Morgan fingerprint density at radius 2 is 2.57 bits per heavy atom. The van der Waals surface area contributed by atoms with Gasteiger partial charge >= 0.3 is 0 Å². The molecule has 5 nitrogen and oxygen atoms in total. The highest BCUT2D eigenvalue weighted by Crippen LogP contribution is 2.16. The molecule has 1 atom stereocenters. The van der Waals surface area contributed by atoms with Crippen molar-refractivity contribution in [3.63, 3.8) is 0 Å². The molecular formula is C9H15N3O2. The third kappa shape index (κ3) is 2.30. The monoisotopic (exact) mass is 197 g/mol. The second-order valence-electron chi connectivity index (χ2n) is 3.77. The molecule has 1 unspecified atom stereocenters. The SMILES string of the molecule is OCC1CCCN(Cc2ncon2)C1. The number of hydrogen-bond donors (Lipinski definition) is 1. The molecule has 14 heavy (non-hydrogen) atoms. The van der Waals surface area contributed by atoms with E-state index >= 15 is 0 Å². The Kier molecular flexibility index (Phi) is 3.10. The Hall–Kier alpha value is -0.940. The average Bonchev–Trinajstić information content (AvgIpc) is 2.71. The number of aliphatic hydroxyl groups excluding tert-OH is 1. The zero-order chi connectivity index (χ0) is 9.80. The highest BCUT2D eigenvalue weighted by atomic mass is 16.5. The molecule has 5 heteroatoms. The predicted molar refractivity (Wildman–Crippen MR) is 49.4 cm³/mol. The summed E-state index contributed by atoms with van der Waals surface area (Å²) in [5, 5.41) is 12.8. The van der Waals surface area contributed by atoms with Gasteiger partial charge in [-0.3, -0.25) is 4.90 Å². The van der Waals surface area contributed by atoms with E-state index in [0.717, 1.165) is 38.3 Å². The third-order valence-electron chi connectivity index (χ3n) is 2.63. The number of aliphatic hydroxyl groups is 1. The van der Waals surface area contributed by atoms with E-state index in [9.17, 15) is 0 Å². The van der Waals surface area contributed by atoms with Gasteiger partial charge in [0.25, 0.3) is 0 Å². The van der Waals surface area contributed by atoms with Gasteiger partial charge in [-0.1, -0.05) is 5.16 Å². The molecule has 1 N–H and O–H groups in total. The second-order valence-corrected chi connectivity index (χ2v) is 3.77. The molecule has 0 amide bonds. The van der Waals surface area contributed by atoms with Crippen LogP contribution in [-0.2, 0) is 6.54 Å². The van der Waals surface area contributed by atoms with Crippen LogP contribution in [-0.4, -0.2) is 39.8 Å². The van der Waals surface area contributed by atoms with Crippen molar-refractivity contribution in [1.29, 1.82) is 0 Å². The molecule has 0 aromatic carbocycles. The molecule has 1 fully saturated rings. The van der Waals surface area contributed by atoms with Crippen molar-refractivity contribution < 1.29 is 9.63 Å². The van der Waals surface area contributed by atoms with Crippen molar-refractivity contribution in [2.24, 2.45) is 5.92 Å². The van der Waals surface area contributed by atoms with Gasteiger partial charge < -0.3 is 9.63 Å². The van der Waals surface area contributed by atoms with Crippen molar-refractivity contribution in [2.75, 3.05) is 19.7 Å². The van der Waals surface area contributed by atoms with Gasteiger partial charge in [-0.25, -0.2) is 0 Å². The zero-order valence-corrected chi connectivity index (χ0v) is 8.09. The van der Waals surface area contributed by atoms with E-state index in [1.54, 1.807) is 0 Å². The minimum absolute atomic E-state index is 0.281. The van der Waals surface area contributed by atoms with Crippen LogP contribution in [0.2, 0.25) is 0 Å². The average molecular weight is 197 g/mol. The van der Waals surface area contributed by atoms with Gasteiger partial charge in [-0.2, -0.15) is 4.98 Å². The van der Waals surface area contributed by atoms with E-state index in [1.165, 1.54) is 6.39 Å². The first-order valence-corrected chi connectivity index (χ1v) is 4.97. The number of hydrogen-bond acceptors (Lipinski definition) is 5. The summed E-state index contributed by atoms with van der Waals surface area (Å²) >= 11 is 0. The van der Waals surface area contributed by atoms with Crippen LogP contribution < -0.4 is 0 Å². The van der Waals surface area contributed by atoms with Gasteiger partial charge in [0.2, 0.25) is 6.39 Å². The topological polar surface area (TPSA) is 62.4 Å². The first-order chi connectivity index (χ1) is 6.88. The maximum absolute atomic E-state index is 9.06. The lowest BCUT2D eigenvalue weighted by atomic mass is 9.99. The highest BCUT2D eigenvalue weighted by molar-refractivity contribution is 4.81. The normalized spacial score (nSPS) is 23.9. The first-order valence-electron chi connectivity index (χ1n) is 4.97. The van der Waals surface area contributed by atoms with E-state index in [4.69, 9.17) is 5.11 Å². The molecule has 1 aromatic rings. The van der Waals surface area contributed by atoms with Crippen LogP contribution in [0.15, 0.2) is 10.9 Å². The van der Waals surface area contributed by atoms with Gasteiger partial charge in [0, 0.05) is 13.2 Å². The van der Waals surface area contributed by atoms with Crippen molar-refractivity contribution in [1.82, 2.24) is 15.0 Å². The van der Waals surface area contributed by atoms with Crippen molar-refractivity contribution >= 4 is 0 Å². The molecule has 0 bridgehead atoms. The maximum atomic E-state index is 9.06. The summed E-state index contributed by atoms with van der Waals surface area (Å²) in [5.74, 6) is 1.14. The Labute approximate surface area is 82.7 Å².